The number of carboxylic acid groups (broad SMARTS) is 1. The number of aromatic nitrogens is 1. The molecular weight excluding hydrogens is 570 g/mol. The lowest BCUT2D eigenvalue weighted by Gasteiger charge is -2.12. The molecule has 36 heavy (non-hydrogen) atoms. The van der Waals surface area contributed by atoms with Crippen molar-refractivity contribution in [2.45, 2.75) is 13.8 Å². The Bertz CT molecular complexity index is 1450. The van der Waals surface area contributed by atoms with Crippen LogP contribution < -0.4 is 5.32 Å². The van der Waals surface area contributed by atoms with Crippen LogP contribution in [0.3, 0.4) is 0 Å². The molecule has 1 aromatic heterocycles. The van der Waals surface area contributed by atoms with E-state index in [0.717, 1.165) is 39.3 Å². The minimum absolute atomic E-state index is 0.183. The van der Waals surface area contributed by atoms with Gasteiger partial charge in [-0.3, -0.25) is 19.3 Å². The minimum Gasteiger partial charge on any atom is -0.478 e. The van der Waals surface area contributed by atoms with Crippen molar-refractivity contribution in [1.29, 1.82) is 0 Å². The van der Waals surface area contributed by atoms with Crippen molar-refractivity contribution >= 4 is 74.1 Å². The summed E-state index contributed by atoms with van der Waals surface area (Å²) in [5, 5.41) is 11.6. The van der Waals surface area contributed by atoms with Gasteiger partial charge < -0.3 is 15.0 Å². The molecule has 3 amide bonds. The predicted molar refractivity (Wildman–Crippen MR) is 143 cm³/mol. The molecule has 0 aliphatic carbocycles. The van der Waals surface area contributed by atoms with Gasteiger partial charge in [0.2, 0.25) is 5.91 Å². The number of nitrogens with one attached hydrogen (secondary N) is 1. The molecule has 184 valence electrons. The molecule has 0 radical (unpaired) electrons. The molecular formula is C25H19BrClN3O5S. The van der Waals surface area contributed by atoms with E-state index in [1.807, 2.05) is 24.5 Å². The number of thioether (sulfide) groups is 1. The highest BCUT2D eigenvalue weighted by molar-refractivity contribution is 9.10. The number of aromatic carboxylic acids is 1. The summed E-state index contributed by atoms with van der Waals surface area (Å²) in [6, 6.07) is 13.2. The number of nitrogens with zero attached hydrogens (tertiary/aromatic N) is 2. The van der Waals surface area contributed by atoms with Gasteiger partial charge in [0.1, 0.15) is 6.54 Å². The molecule has 0 bridgehead atoms. The number of carbonyl (C=O) groups excluding carboxylic acids is 3. The first-order valence-electron chi connectivity index (χ1n) is 10.6. The Morgan fingerprint density at radius 2 is 1.81 bits per heavy atom. The Morgan fingerprint density at radius 1 is 1.11 bits per heavy atom. The number of anilines is 1. The van der Waals surface area contributed by atoms with Gasteiger partial charge in [0.05, 0.1) is 15.5 Å². The van der Waals surface area contributed by atoms with Crippen molar-refractivity contribution in [2.75, 3.05) is 11.9 Å². The number of benzene rings is 2. The maximum Gasteiger partial charge on any atom is 0.335 e. The van der Waals surface area contributed by atoms with E-state index in [4.69, 9.17) is 16.7 Å². The van der Waals surface area contributed by atoms with E-state index in [1.54, 1.807) is 36.4 Å². The van der Waals surface area contributed by atoms with Crippen molar-refractivity contribution in [1.82, 2.24) is 9.47 Å². The molecule has 0 atom stereocenters. The summed E-state index contributed by atoms with van der Waals surface area (Å²) < 4.78 is 2.60. The van der Waals surface area contributed by atoms with E-state index in [9.17, 15) is 19.2 Å². The molecule has 3 aromatic rings. The molecule has 1 saturated heterocycles. The monoisotopic (exact) mass is 587 g/mol. The third-order valence-corrected chi connectivity index (χ3v) is 7.65. The van der Waals surface area contributed by atoms with Crippen LogP contribution in [-0.4, -0.2) is 44.1 Å². The fourth-order valence-electron chi connectivity index (χ4n) is 3.78. The molecule has 0 saturated carbocycles. The van der Waals surface area contributed by atoms with Crippen molar-refractivity contribution in [2.24, 2.45) is 0 Å². The Kier molecular flexibility index (Phi) is 7.39. The van der Waals surface area contributed by atoms with Gasteiger partial charge in [-0.2, -0.15) is 0 Å². The van der Waals surface area contributed by atoms with E-state index >= 15 is 0 Å². The standard InChI is InChI=1S/C25H19BrClN3O5S/c1-13-9-16(14(2)30(13)18-6-3-15(4-7-18)24(33)34)10-21-23(32)29(25(35)36-21)12-22(31)28-17-5-8-19(26)20(27)11-17/h3-11H,12H2,1-2H3,(H,28,31)(H,33,34)/b21-10+. The number of halogens is 2. The number of imide groups is 1. The second-order valence-electron chi connectivity index (χ2n) is 7.96. The third kappa shape index (κ3) is 5.25. The summed E-state index contributed by atoms with van der Waals surface area (Å²) in [6.07, 6.45) is 1.63. The first kappa shape index (κ1) is 25.7. The number of rotatable bonds is 6. The molecule has 1 aliphatic heterocycles. The summed E-state index contributed by atoms with van der Waals surface area (Å²) >= 11 is 10.1. The highest BCUT2D eigenvalue weighted by Gasteiger charge is 2.36. The molecule has 2 aromatic carbocycles. The maximum absolute atomic E-state index is 12.9. The Balaban J connectivity index is 1.52. The summed E-state index contributed by atoms with van der Waals surface area (Å²) in [5.41, 5.74) is 3.81. The third-order valence-electron chi connectivity index (χ3n) is 5.51. The molecule has 8 nitrogen and oxygen atoms in total. The van der Waals surface area contributed by atoms with Gasteiger partial charge >= 0.3 is 5.97 Å². The van der Waals surface area contributed by atoms with Gasteiger partial charge in [-0.25, -0.2) is 4.79 Å². The number of carboxylic acids is 1. The lowest BCUT2D eigenvalue weighted by atomic mass is 10.2. The Morgan fingerprint density at radius 3 is 2.44 bits per heavy atom. The SMILES string of the molecule is Cc1cc(/C=C2/SC(=O)N(CC(=O)Nc3ccc(Br)c(Cl)c3)C2=O)c(C)n1-c1ccc(C(=O)O)cc1. The lowest BCUT2D eigenvalue weighted by molar-refractivity contribution is -0.127. The highest BCUT2D eigenvalue weighted by Crippen LogP contribution is 2.34. The molecule has 1 fully saturated rings. The molecule has 0 spiro atoms. The number of carbonyl (C=O) groups is 4. The van der Waals surface area contributed by atoms with E-state index in [1.165, 1.54) is 12.1 Å². The quantitative estimate of drug-likeness (QED) is 0.348. The van der Waals surface area contributed by atoms with Crippen LogP contribution >= 0.6 is 39.3 Å². The zero-order chi connectivity index (χ0) is 26.1. The summed E-state index contributed by atoms with van der Waals surface area (Å²) in [5.74, 6) is -2.09. The fraction of sp³-hybridized carbons (Fsp3) is 0.120. The largest absolute Gasteiger partial charge is 0.478 e. The summed E-state index contributed by atoms with van der Waals surface area (Å²) in [7, 11) is 0. The van der Waals surface area contributed by atoms with Gasteiger partial charge in [0, 0.05) is 27.2 Å². The minimum atomic E-state index is -1.01. The van der Waals surface area contributed by atoms with E-state index in [-0.39, 0.29) is 10.5 Å². The van der Waals surface area contributed by atoms with E-state index < -0.39 is 29.6 Å². The Labute approximate surface area is 224 Å². The highest BCUT2D eigenvalue weighted by atomic mass is 79.9. The second kappa shape index (κ2) is 10.3. The maximum atomic E-state index is 12.9. The zero-order valence-electron chi connectivity index (χ0n) is 19.0. The lowest BCUT2D eigenvalue weighted by Crippen LogP contribution is -2.36. The Hall–Kier alpha value is -3.34. The molecule has 4 rings (SSSR count). The van der Waals surface area contributed by atoms with Crippen molar-refractivity contribution in [3.8, 4) is 5.69 Å². The van der Waals surface area contributed by atoms with Gasteiger partial charge in [0.25, 0.3) is 11.1 Å². The van der Waals surface area contributed by atoms with Crippen LogP contribution in [0.4, 0.5) is 10.5 Å². The van der Waals surface area contributed by atoms with Gasteiger partial charge in [-0.1, -0.05) is 11.6 Å². The number of amides is 3. The number of aryl methyl sites for hydroxylation is 1. The van der Waals surface area contributed by atoms with Crippen LogP contribution in [0.1, 0.15) is 27.3 Å². The van der Waals surface area contributed by atoms with Gasteiger partial charge in [-0.05, 0) is 102 Å². The molecule has 11 heteroatoms. The van der Waals surface area contributed by atoms with Crippen LogP contribution in [0.5, 0.6) is 0 Å². The van der Waals surface area contributed by atoms with Crippen LogP contribution in [0.25, 0.3) is 11.8 Å². The van der Waals surface area contributed by atoms with Gasteiger partial charge in [0.15, 0.2) is 0 Å². The van der Waals surface area contributed by atoms with Crippen LogP contribution in [-0.2, 0) is 9.59 Å². The van der Waals surface area contributed by atoms with Crippen LogP contribution in [0.2, 0.25) is 5.02 Å². The summed E-state index contributed by atoms with van der Waals surface area (Å²) in [4.78, 5) is 50.1. The van der Waals surface area contributed by atoms with Crippen molar-refractivity contribution in [3.63, 3.8) is 0 Å². The second-order valence-corrected chi connectivity index (χ2v) is 10.2. The van der Waals surface area contributed by atoms with Crippen molar-refractivity contribution in [3.05, 3.63) is 85.4 Å². The molecule has 2 heterocycles. The molecule has 1 aliphatic rings. The number of hydrogen-bond acceptors (Lipinski definition) is 5. The predicted octanol–water partition coefficient (Wildman–Crippen LogP) is 5.88. The average molecular weight is 589 g/mol. The first-order valence-corrected chi connectivity index (χ1v) is 12.6. The summed E-state index contributed by atoms with van der Waals surface area (Å²) in [6.45, 7) is 3.33. The topological polar surface area (TPSA) is 109 Å². The molecule has 2 N–H and O–H groups in total. The van der Waals surface area contributed by atoms with Gasteiger partial charge in [-0.15, -0.1) is 0 Å². The average Bonchev–Trinajstić information content (AvgIpc) is 3.25. The van der Waals surface area contributed by atoms with Crippen LogP contribution in [0.15, 0.2) is 57.9 Å². The first-order chi connectivity index (χ1) is 17.0. The van der Waals surface area contributed by atoms with Crippen molar-refractivity contribution < 1.29 is 24.3 Å². The molecule has 0 unspecified atom stereocenters. The number of hydrogen-bond donors (Lipinski definition) is 2. The zero-order valence-corrected chi connectivity index (χ0v) is 22.2. The van der Waals surface area contributed by atoms with E-state index in [0.29, 0.717) is 15.2 Å². The fourth-order valence-corrected chi connectivity index (χ4v) is 5.04. The smallest absolute Gasteiger partial charge is 0.335 e. The van der Waals surface area contributed by atoms with E-state index in [2.05, 4.69) is 21.2 Å². The van der Waals surface area contributed by atoms with Crippen LogP contribution in [0, 0.1) is 13.8 Å². The normalized spacial score (nSPS) is 14.6.